The number of ketones is 1. The maximum absolute atomic E-state index is 12.7. The number of rotatable bonds is 2. The van der Waals surface area contributed by atoms with Crippen LogP contribution in [-0.2, 0) is 19.7 Å². The van der Waals surface area contributed by atoms with Crippen LogP contribution in [0.2, 0.25) is 0 Å². The van der Waals surface area contributed by atoms with Gasteiger partial charge >= 0.3 is 0 Å². The van der Waals surface area contributed by atoms with Crippen molar-refractivity contribution >= 4 is 31.0 Å². The molecule has 2 aliphatic heterocycles. The highest BCUT2D eigenvalue weighted by Gasteiger charge is 2.40. The number of benzene rings is 1. The van der Waals surface area contributed by atoms with Gasteiger partial charge < -0.3 is 0 Å². The molecule has 3 heterocycles. The van der Waals surface area contributed by atoms with Gasteiger partial charge in [-0.3, -0.25) is 4.79 Å². The Morgan fingerprint density at radius 3 is 2.33 bits per heavy atom. The molecule has 8 heteroatoms. The molecule has 0 bridgehead atoms. The lowest BCUT2D eigenvalue weighted by atomic mass is 10.1. The smallest absolute Gasteiger partial charge is 0.228 e. The fourth-order valence-corrected chi connectivity index (χ4v) is 6.45. The molecule has 6 nitrogen and oxygen atoms in total. The van der Waals surface area contributed by atoms with E-state index in [1.165, 1.54) is 36.5 Å². The van der Waals surface area contributed by atoms with Crippen LogP contribution in [0.3, 0.4) is 0 Å². The molecule has 0 unspecified atom stereocenters. The molecule has 0 fully saturated rings. The highest BCUT2D eigenvalue weighted by Crippen LogP contribution is 2.39. The Morgan fingerprint density at radius 2 is 1.63 bits per heavy atom. The lowest BCUT2D eigenvalue weighted by Gasteiger charge is -1.98. The van der Waals surface area contributed by atoms with Crippen LogP contribution < -0.4 is 0 Å². The van der Waals surface area contributed by atoms with Gasteiger partial charge in [0.25, 0.3) is 0 Å². The summed E-state index contributed by atoms with van der Waals surface area (Å²) in [5, 5.41) is -0.272. The molecule has 0 saturated carbocycles. The van der Waals surface area contributed by atoms with E-state index in [2.05, 4.69) is 4.98 Å². The van der Waals surface area contributed by atoms with E-state index in [0.717, 1.165) is 6.08 Å². The van der Waals surface area contributed by atoms with E-state index >= 15 is 0 Å². The summed E-state index contributed by atoms with van der Waals surface area (Å²) in [6.45, 7) is 1.69. The molecule has 0 amide bonds. The van der Waals surface area contributed by atoms with Crippen LogP contribution in [0, 0.1) is 0 Å². The minimum atomic E-state index is -4.00. The van der Waals surface area contributed by atoms with Crippen LogP contribution in [0.5, 0.6) is 0 Å². The number of allylic oxidation sites excluding steroid dienone is 5. The number of carbonyl (C=O) groups excluding carboxylic acids is 1. The highest BCUT2D eigenvalue weighted by molar-refractivity contribution is 7.97. The third kappa shape index (κ3) is 2.44. The first-order valence-electron chi connectivity index (χ1n) is 7.95. The second-order valence-corrected chi connectivity index (χ2v) is 9.79. The lowest BCUT2D eigenvalue weighted by molar-refractivity contribution is 0.104. The van der Waals surface area contributed by atoms with Crippen molar-refractivity contribution in [1.29, 1.82) is 0 Å². The van der Waals surface area contributed by atoms with Crippen LogP contribution in [0.15, 0.2) is 80.6 Å². The number of Topliss-reactive ketones (excluding diaryl/α,β-unsaturated/α-hetero) is 1. The summed E-state index contributed by atoms with van der Waals surface area (Å²) in [6.07, 6.45) is 5.02. The van der Waals surface area contributed by atoms with Crippen LogP contribution in [0.1, 0.15) is 22.8 Å². The van der Waals surface area contributed by atoms with E-state index in [9.17, 15) is 21.6 Å². The first kappa shape index (κ1) is 17.6. The molecule has 1 aromatic carbocycles. The summed E-state index contributed by atoms with van der Waals surface area (Å²) < 4.78 is 50.3. The maximum Gasteiger partial charge on any atom is 0.228 e. The van der Waals surface area contributed by atoms with Crippen molar-refractivity contribution in [1.82, 2.24) is 4.98 Å². The third-order valence-electron chi connectivity index (χ3n) is 4.52. The predicted molar refractivity (Wildman–Crippen MR) is 99.2 cm³/mol. The zero-order valence-electron chi connectivity index (χ0n) is 14.1. The Hall–Kier alpha value is -2.84. The Labute approximate surface area is 156 Å². The minimum absolute atomic E-state index is 0.0217. The van der Waals surface area contributed by atoms with Crippen molar-refractivity contribution in [2.24, 2.45) is 0 Å². The van der Waals surface area contributed by atoms with E-state index in [-0.39, 0.29) is 20.4 Å². The van der Waals surface area contributed by atoms with Gasteiger partial charge in [-0.25, -0.2) is 21.8 Å². The lowest BCUT2D eigenvalue weighted by Crippen LogP contribution is -2.02. The normalized spacial score (nSPS) is 21.1. The van der Waals surface area contributed by atoms with Crippen LogP contribution >= 0.6 is 0 Å². The molecule has 2 aromatic rings. The molecule has 0 saturated heterocycles. The van der Waals surface area contributed by atoms with Crippen LogP contribution in [0.25, 0.3) is 5.57 Å². The summed E-state index contributed by atoms with van der Waals surface area (Å²) >= 11 is 0. The Balaban J connectivity index is 1.76. The number of nitrogens with zero attached hydrogens (tertiary/aromatic N) is 1. The molecule has 0 aliphatic carbocycles. The molecule has 0 spiro atoms. The average Bonchev–Trinajstić information content (AvgIpc) is 2.96. The van der Waals surface area contributed by atoms with E-state index in [4.69, 9.17) is 0 Å². The van der Waals surface area contributed by atoms with E-state index in [1.807, 2.05) is 0 Å². The number of sulfone groups is 2. The molecule has 4 rings (SSSR count). The van der Waals surface area contributed by atoms with Gasteiger partial charge in [0.15, 0.2) is 5.03 Å². The van der Waals surface area contributed by atoms with Gasteiger partial charge in [-0.2, -0.15) is 0 Å². The number of aromatic nitrogens is 1. The van der Waals surface area contributed by atoms with E-state index in [1.54, 1.807) is 25.1 Å². The van der Waals surface area contributed by atoms with Gasteiger partial charge in [0.1, 0.15) is 4.91 Å². The van der Waals surface area contributed by atoms with Gasteiger partial charge in [-0.1, -0.05) is 24.3 Å². The van der Waals surface area contributed by atoms with Gasteiger partial charge in [-0.05, 0) is 48.4 Å². The molecule has 136 valence electrons. The molecule has 2 aliphatic rings. The zero-order valence-corrected chi connectivity index (χ0v) is 15.7. The monoisotopic (exact) mass is 399 g/mol. The Bertz CT molecular complexity index is 1310. The quantitative estimate of drug-likeness (QED) is 0.720. The first-order valence-corrected chi connectivity index (χ1v) is 10.9. The number of carbonyl (C=O) groups is 1. The van der Waals surface area contributed by atoms with Gasteiger partial charge in [0.2, 0.25) is 25.5 Å². The SMILES string of the molecule is CC1=C(/C=C/C=C2/C(=O)c3cccnc3S2(=O)=O)S(=O)(=O)c2ccccc21. The van der Waals surface area contributed by atoms with Crippen molar-refractivity contribution in [3.05, 3.63) is 81.8 Å². The summed E-state index contributed by atoms with van der Waals surface area (Å²) in [5.74, 6) is -0.647. The van der Waals surface area contributed by atoms with Crippen LogP contribution in [0.4, 0.5) is 0 Å². The van der Waals surface area contributed by atoms with Crippen molar-refractivity contribution < 1.29 is 21.6 Å². The summed E-state index contributed by atoms with van der Waals surface area (Å²) in [6, 6.07) is 9.53. The number of pyridine rings is 1. The van der Waals surface area contributed by atoms with E-state index < -0.39 is 30.4 Å². The van der Waals surface area contributed by atoms with Crippen LogP contribution in [-0.4, -0.2) is 27.6 Å². The van der Waals surface area contributed by atoms with Crippen molar-refractivity contribution in [2.75, 3.05) is 0 Å². The molecule has 1 aromatic heterocycles. The molecule has 0 N–H and O–H groups in total. The summed E-state index contributed by atoms with van der Waals surface area (Å²) in [7, 11) is -7.67. The molecule has 27 heavy (non-hydrogen) atoms. The summed E-state index contributed by atoms with van der Waals surface area (Å²) in [5.41, 5.74) is 1.21. The Kier molecular flexibility index (Phi) is 3.79. The third-order valence-corrected chi connectivity index (χ3v) is 8.21. The highest BCUT2D eigenvalue weighted by atomic mass is 32.2. The topological polar surface area (TPSA) is 98.2 Å². The maximum atomic E-state index is 12.7. The summed E-state index contributed by atoms with van der Waals surface area (Å²) in [4.78, 5) is 16.0. The molecular formula is C19H13NO5S2. The molecule has 0 radical (unpaired) electrons. The molecule has 0 atom stereocenters. The van der Waals surface area contributed by atoms with E-state index in [0.29, 0.717) is 11.1 Å². The number of fused-ring (bicyclic) bond motifs is 2. The fourth-order valence-electron chi connectivity index (χ4n) is 3.20. The van der Waals surface area contributed by atoms with Crippen molar-refractivity contribution in [3.63, 3.8) is 0 Å². The standard InChI is InChI=1S/C19H13NO5S2/c1-12-13-6-2-3-8-16(13)26(22,23)15(12)9-4-10-17-18(21)14-7-5-11-20-19(14)27(17,24)25/h2-11H,1H3/b9-4+,17-10-. The van der Waals surface area contributed by atoms with Crippen molar-refractivity contribution in [3.8, 4) is 0 Å². The average molecular weight is 399 g/mol. The Morgan fingerprint density at radius 1 is 0.926 bits per heavy atom. The molecular weight excluding hydrogens is 386 g/mol. The van der Waals surface area contributed by atoms with Gasteiger partial charge in [0.05, 0.1) is 15.4 Å². The largest absolute Gasteiger partial charge is 0.288 e. The van der Waals surface area contributed by atoms with Gasteiger partial charge in [0, 0.05) is 6.20 Å². The fraction of sp³-hybridized carbons (Fsp3) is 0.0526. The van der Waals surface area contributed by atoms with Crippen molar-refractivity contribution in [2.45, 2.75) is 16.8 Å². The van der Waals surface area contributed by atoms with Gasteiger partial charge in [-0.15, -0.1) is 0 Å². The predicted octanol–water partition coefficient (Wildman–Crippen LogP) is 2.71. The minimum Gasteiger partial charge on any atom is -0.288 e. The number of hydrogen-bond donors (Lipinski definition) is 0. The zero-order chi connectivity index (χ0) is 19.4. The first-order chi connectivity index (χ1) is 12.8. The number of hydrogen-bond acceptors (Lipinski definition) is 6. The second kappa shape index (κ2) is 5.83. The second-order valence-electron chi connectivity index (χ2n) is 6.07.